The van der Waals surface area contributed by atoms with Crippen LogP contribution in [0.5, 0.6) is 0 Å². The van der Waals surface area contributed by atoms with Crippen LogP contribution in [-0.4, -0.2) is 67.0 Å². The summed E-state index contributed by atoms with van der Waals surface area (Å²) in [5, 5.41) is 4.86. The molecule has 104 valence electrons. The lowest BCUT2D eigenvalue weighted by Crippen LogP contribution is -2.52. The number of carbonyl (C=O) groups is 2. The molecule has 2 N–H and O–H groups in total. The lowest BCUT2D eigenvalue weighted by molar-refractivity contribution is -0.121. The number of piperazine rings is 1. The molecule has 6 nitrogen and oxygen atoms in total. The number of hydrogen-bond acceptors (Lipinski definition) is 4. The lowest BCUT2D eigenvalue weighted by atomic mass is 10.2. The van der Waals surface area contributed by atoms with Crippen molar-refractivity contribution in [2.45, 2.75) is 26.8 Å². The van der Waals surface area contributed by atoms with Crippen LogP contribution in [0.25, 0.3) is 0 Å². The third kappa shape index (κ3) is 5.01. The van der Waals surface area contributed by atoms with E-state index in [9.17, 15) is 9.59 Å². The van der Waals surface area contributed by atoms with E-state index in [1.54, 1.807) is 0 Å². The van der Waals surface area contributed by atoms with Gasteiger partial charge in [-0.1, -0.05) is 0 Å². The number of nitrogens with zero attached hydrogens (tertiary/aromatic N) is 2. The molecule has 0 bridgehead atoms. The molecule has 0 aliphatic carbocycles. The molecule has 1 aliphatic rings. The summed E-state index contributed by atoms with van der Waals surface area (Å²) in [7, 11) is 0. The van der Waals surface area contributed by atoms with E-state index < -0.39 is 6.03 Å². The van der Waals surface area contributed by atoms with Gasteiger partial charge >= 0.3 is 6.03 Å². The van der Waals surface area contributed by atoms with Crippen molar-refractivity contribution in [3.05, 3.63) is 0 Å². The Morgan fingerprint density at radius 3 is 2.28 bits per heavy atom. The van der Waals surface area contributed by atoms with Crippen molar-refractivity contribution in [2.75, 3.05) is 39.3 Å². The number of hydrogen-bond donors (Lipinski definition) is 2. The van der Waals surface area contributed by atoms with Crippen molar-refractivity contribution in [3.63, 3.8) is 0 Å². The molecule has 1 fully saturated rings. The maximum atomic E-state index is 11.6. The molecule has 0 aromatic heterocycles. The van der Waals surface area contributed by atoms with Gasteiger partial charge in [0.05, 0.1) is 6.54 Å². The molecular weight excluding hydrogens is 232 g/mol. The molecule has 1 rings (SSSR count). The standard InChI is InChI=1S/C12H24N4O2/c1-4-13-12(18)14-11(17)9-15-5-7-16(8-6-15)10(2)3/h10H,4-9H2,1-3H3,(H2,13,14,17,18). The first-order chi connectivity index (χ1) is 8.52. The number of imide groups is 1. The number of rotatable bonds is 4. The van der Waals surface area contributed by atoms with E-state index in [1.165, 1.54) is 0 Å². The van der Waals surface area contributed by atoms with Gasteiger partial charge in [0.1, 0.15) is 0 Å². The molecule has 0 atom stereocenters. The van der Waals surface area contributed by atoms with Crippen LogP contribution < -0.4 is 10.6 Å². The lowest BCUT2D eigenvalue weighted by Gasteiger charge is -2.36. The fourth-order valence-electron chi connectivity index (χ4n) is 2.01. The van der Waals surface area contributed by atoms with E-state index in [0.717, 1.165) is 26.2 Å². The molecule has 0 saturated carbocycles. The molecule has 6 heteroatoms. The zero-order valence-electron chi connectivity index (χ0n) is 11.5. The number of urea groups is 1. The monoisotopic (exact) mass is 256 g/mol. The van der Waals surface area contributed by atoms with Gasteiger partial charge in [-0.2, -0.15) is 0 Å². The second kappa shape index (κ2) is 7.33. The Labute approximate surface area is 109 Å². The number of nitrogens with one attached hydrogen (secondary N) is 2. The molecule has 0 spiro atoms. The zero-order chi connectivity index (χ0) is 13.5. The van der Waals surface area contributed by atoms with Gasteiger partial charge in [0, 0.05) is 38.8 Å². The van der Waals surface area contributed by atoms with Gasteiger partial charge in [-0.05, 0) is 20.8 Å². The Bertz CT molecular complexity index is 286. The summed E-state index contributed by atoms with van der Waals surface area (Å²) in [6.45, 7) is 10.7. The van der Waals surface area contributed by atoms with Crippen LogP contribution in [0.4, 0.5) is 4.79 Å². The van der Waals surface area contributed by atoms with Gasteiger partial charge in [-0.15, -0.1) is 0 Å². The average Bonchev–Trinajstić information content (AvgIpc) is 2.29. The van der Waals surface area contributed by atoms with Crippen LogP contribution in [0.15, 0.2) is 0 Å². The van der Waals surface area contributed by atoms with Gasteiger partial charge in [-0.25, -0.2) is 4.79 Å². The summed E-state index contributed by atoms with van der Waals surface area (Å²) in [5.74, 6) is -0.237. The van der Waals surface area contributed by atoms with Crippen LogP contribution in [0, 0.1) is 0 Å². The normalized spacial score (nSPS) is 17.8. The molecule has 1 aliphatic heterocycles. The van der Waals surface area contributed by atoms with Gasteiger partial charge in [0.15, 0.2) is 0 Å². The van der Waals surface area contributed by atoms with Gasteiger partial charge in [-0.3, -0.25) is 19.9 Å². The van der Waals surface area contributed by atoms with Crippen molar-refractivity contribution in [2.24, 2.45) is 0 Å². The van der Waals surface area contributed by atoms with Crippen molar-refractivity contribution in [1.82, 2.24) is 20.4 Å². The Morgan fingerprint density at radius 2 is 1.78 bits per heavy atom. The molecule has 0 aromatic rings. The summed E-state index contributed by atoms with van der Waals surface area (Å²) in [4.78, 5) is 27.2. The van der Waals surface area contributed by atoms with E-state index in [-0.39, 0.29) is 5.91 Å². The van der Waals surface area contributed by atoms with Crippen LogP contribution in [0.1, 0.15) is 20.8 Å². The maximum absolute atomic E-state index is 11.6. The van der Waals surface area contributed by atoms with Crippen LogP contribution in [0.2, 0.25) is 0 Å². The van der Waals surface area contributed by atoms with Crippen LogP contribution in [0.3, 0.4) is 0 Å². The van der Waals surface area contributed by atoms with E-state index in [2.05, 4.69) is 34.3 Å². The largest absolute Gasteiger partial charge is 0.338 e. The third-order valence-corrected chi connectivity index (χ3v) is 3.09. The highest BCUT2D eigenvalue weighted by Gasteiger charge is 2.20. The number of carbonyl (C=O) groups excluding carboxylic acids is 2. The molecule has 18 heavy (non-hydrogen) atoms. The summed E-state index contributed by atoms with van der Waals surface area (Å²) in [6.07, 6.45) is 0. The summed E-state index contributed by atoms with van der Waals surface area (Å²) >= 11 is 0. The molecule has 3 amide bonds. The van der Waals surface area contributed by atoms with Crippen molar-refractivity contribution in [1.29, 1.82) is 0 Å². The van der Waals surface area contributed by atoms with Crippen molar-refractivity contribution < 1.29 is 9.59 Å². The second-order valence-electron chi connectivity index (χ2n) is 4.81. The smallest absolute Gasteiger partial charge is 0.321 e. The van der Waals surface area contributed by atoms with Gasteiger partial charge < -0.3 is 5.32 Å². The second-order valence-corrected chi connectivity index (χ2v) is 4.81. The highest BCUT2D eigenvalue weighted by molar-refractivity contribution is 5.95. The predicted molar refractivity (Wildman–Crippen MR) is 70.4 cm³/mol. The quantitative estimate of drug-likeness (QED) is 0.735. The fourth-order valence-corrected chi connectivity index (χ4v) is 2.01. The zero-order valence-corrected chi connectivity index (χ0v) is 11.5. The predicted octanol–water partition coefficient (Wildman–Crippen LogP) is -0.142. The van der Waals surface area contributed by atoms with Crippen molar-refractivity contribution in [3.8, 4) is 0 Å². The highest BCUT2D eigenvalue weighted by atomic mass is 16.2. The number of amides is 3. The summed E-state index contributed by atoms with van der Waals surface area (Å²) in [6, 6.07) is 0.139. The third-order valence-electron chi connectivity index (χ3n) is 3.09. The fraction of sp³-hybridized carbons (Fsp3) is 0.833. The first-order valence-electron chi connectivity index (χ1n) is 6.57. The minimum absolute atomic E-state index is 0.237. The van der Waals surface area contributed by atoms with Crippen LogP contribution in [-0.2, 0) is 4.79 Å². The summed E-state index contributed by atoms with van der Waals surface area (Å²) < 4.78 is 0. The molecule has 0 aromatic carbocycles. The Hall–Kier alpha value is -1.14. The Kier molecular flexibility index (Phi) is 6.07. The maximum Gasteiger partial charge on any atom is 0.321 e. The summed E-state index contributed by atoms with van der Waals surface area (Å²) in [5.41, 5.74) is 0. The first kappa shape index (κ1) is 14.9. The highest BCUT2D eigenvalue weighted by Crippen LogP contribution is 2.05. The van der Waals surface area contributed by atoms with Gasteiger partial charge in [0.2, 0.25) is 5.91 Å². The molecule has 1 saturated heterocycles. The van der Waals surface area contributed by atoms with E-state index in [0.29, 0.717) is 19.1 Å². The molecule has 0 radical (unpaired) electrons. The van der Waals surface area contributed by atoms with E-state index >= 15 is 0 Å². The average molecular weight is 256 g/mol. The van der Waals surface area contributed by atoms with E-state index in [1.807, 2.05) is 6.92 Å². The minimum Gasteiger partial charge on any atom is -0.338 e. The first-order valence-corrected chi connectivity index (χ1v) is 6.57. The van der Waals surface area contributed by atoms with Crippen LogP contribution >= 0.6 is 0 Å². The SMILES string of the molecule is CCNC(=O)NC(=O)CN1CCN(C(C)C)CC1. The topological polar surface area (TPSA) is 64.7 Å². The van der Waals surface area contributed by atoms with Crippen molar-refractivity contribution >= 4 is 11.9 Å². The molecule has 0 unspecified atom stereocenters. The van der Waals surface area contributed by atoms with E-state index in [4.69, 9.17) is 0 Å². The Morgan fingerprint density at radius 1 is 1.17 bits per heavy atom. The molecule has 1 heterocycles. The Balaban J connectivity index is 2.24. The molecular formula is C12H24N4O2. The van der Waals surface area contributed by atoms with Gasteiger partial charge in [0.25, 0.3) is 0 Å². The minimum atomic E-state index is -0.414.